The van der Waals surface area contributed by atoms with Crippen LogP contribution in [0.5, 0.6) is 0 Å². The van der Waals surface area contributed by atoms with Crippen molar-refractivity contribution in [2.75, 3.05) is 32.4 Å². The molecule has 2 aromatic carbocycles. The molecule has 0 fully saturated rings. The van der Waals surface area contributed by atoms with Gasteiger partial charge in [0.25, 0.3) is 0 Å². The standard InChI is InChI=1S/C26H38N6O3S/c1-36-21-9-5-8-20(16-21)18-30-26(35)23(11-10-19-6-3-2-4-7-19)31-25(34)22(29)17-24(33)32(14-12-27)15-13-28/h2-9,16,22-23H,10-15,17-18,27-29H2,1H3,(H,30,35)(H,31,34). The third kappa shape index (κ3) is 9.98. The molecule has 3 amide bonds. The van der Waals surface area contributed by atoms with E-state index >= 15 is 0 Å². The van der Waals surface area contributed by atoms with Gasteiger partial charge in [0, 0.05) is 37.6 Å². The molecule has 2 rings (SSSR count). The highest BCUT2D eigenvalue weighted by molar-refractivity contribution is 7.98. The first kappa shape index (κ1) is 29.3. The van der Waals surface area contributed by atoms with Crippen molar-refractivity contribution < 1.29 is 14.4 Å². The van der Waals surface area contributed by atoms with Crippen LogP contribution in [0.4, 0.5) is 0 Å². The summed E-state index contributed by atoms with van der Waals surface area (Å²) >= 11 is 1.63. The van der Waals surface area contributed by atoms with Gasteiger partial charge in [0.2, 0.25) is 17.7 Å². The molecule has 0 heterocycles. The number of benzene rings is 2. The summed E-state index contributed by atoms with van der Waals surface area (Å²) in [6.45, 7) is 1.58. The smallest absolute Gasteiger partial charge is 0.242 e. The van der Waals surface area contributed by atoms with Gasteiger partial charge in [0.1, 0.15) is 6.04 Å². The van der Waals surface area contributed by atoms with E-state index in [0.717, 1.165) is 16.0 Å². The predicted octanol–water partition coefficient (Wildman–Crippen LogP) is 0.606. The second kappa shape index (κ2) is 15.9. The molecule has 0 bridgehead atoms. The number of nitrogens with two attached hydrogens (primary N) is 3. The average molecular weight is 515 g/mol. The first-order valence-electron chi connectivity index (χ1n) is 12.1. The van der Waals surface area contributed by atoms with Gasteiger partial charge in [0.15, 0.2) is 0 Å². The third-order valence-corrected chi connectivity index (χ3v) is 6.41. The van der Waals surface area contributed by atoms with E-state index in [0.29, 0.717) is 32.5 Å². The van der Waals surface area contributed by atoms with Crippen LogP contribution < -0.4 is 27.8 Å². The highest BCUT2D eigenvalue weighted by Crippen LogP contribution is 2.16. The largest absolute Gasteiger partial charge is 0.350 e. The SMILES string of the molecule is CSc1cccc(CNC(=O)C(CCc2ccccc2)NC(=O)C(N)CC(=O)N(CCN)CCN)c1. The average Bonchev–Trinajstić information content (AvgIpc) is 2.89. The van der Waals surface area contributed by atoms with Gasteiger partial charge in [-0.2, -0.15) is 0 Å². The van der Waals surface area contributed by atoms with Crippen LogP contribution in [-0.4, -0.2) is 67.1 Å². The van der Waals surface area contributed by atoms with E-state index < -0.39 is 18.0 Å². The van der Waals surface area contributed by atoms with Crippen LogP contribution in [0.25, 0.3) is 0 Å². The van der Waals surface area contributed by atoms with Crippen LogP contribution in [0.3, 0.4) is 0 Å². The first-order chi connectivity index (χ1) is 17.4. The maximum Gasteiger partial charge on any atom is 0.242 e. The van der Waals surface area contributed by atoms with Gasteiger partial charge in [-0.05, 0) is 42.4 Å². The monoisotopic (exact) mass is 514 g/mol. The Labute approximate surface area is 217 Å². The minimum atomic E-state index is -1.10. The fraction of sp³-hybridized carbons (Fsp3) is 0.423. The number of hydrogen-bond donors (Lipinski definition) is 5. The summed E-state index contributed by atoms with van der Waals surface area (Å²) in [6.07, 6.45) is 2.78. The highest BCUT2D eigenvalue weighted by atomic mass is 32.2. The van der Waals surface area contributed by atoms with Crippen LogP contribution in [-0.2, 0) is 27.3 Å². The number of hydrogen-bond acceptors (Lipinski definition) is 7. The van der Waals surface area contributed by atoms with Crippen LogP contribution >= 0.6 is 11.8 Å². The topological polar surface area (TPSA) is 157 Å². The summed E-state index contributed by atoms with van der Waals surface area (Å²) in [6, 6.07) is 15.7. The minimum absolute atomic E-state index is 0.194. The summed E-state index contributed by atoms with van der Waals surface area (Å²) in [5.41, 5.74) is 19.2. The second-order valence-corrected chi connectivity index (χ2v) is 9.30. The van der Waals surface area contributed by atoms with Crippen molar-refractivity contribution in [2.24, 2.45) is 17.2 Å². The number of amides is 3. The number of thioether (sulfide) groups is 1. The van der Waals surface area contributed by atoms with E-state index in [9.17, 15) is 14.4 Å². The van der Waals surface area contributed by atoms with E-state index in [1.165, 1.54) is 4.90 Å². The molecule has 0 aliphatic rings. The molecule has 36 heavy (non-hydrogen) atoms. The van der Waals surface area contributed by atoms with Gasteiger partial charge in [-0.3, -0.25) is 14.4 Å². The Hall–Kier alpha value is -2.92. The lowest BCUT2D eigenvalue weighted by molar-refractivity contribution is -0.135. The predicted molar refractivity (Wildman–Crippen MR) is 144 cm³/mol. The van der Waals surface area contributed by atoms with E-state index in [2.05, 4.69) is 10.6 Å². The molecule has 2 atom stereocenters. The van der Waals surface area contributed by atoms with Crippen molar-refractivity contribution in [1.82, 2.24) is 15.5 Å². The summed E-state index contributed by atoms with van der Waals surface area (Å²) in [4.78, 5) is 41.1. The normalized spacial score (nSPS) is 12.4. The van der Waals surface area contributed by atoms with Crippen molar-refractivity contribution in [1.29, 1.82) is 0 Å². The maximum absolute atomic E-state index is 13.1. The molecular weight excluding hydrogens is 476 g/mol. The van der Waals surface area contributed by atoms with Crippen LogP contribution in [0, 0.1) is 0 Å². The molecule has 196 valence electrons. The molecule has 0 saturated carbocycles. The zero-order valence-electron chi connectivity index (χ0n) is 20.8. The molecule has 0 aliphatic heterocycles. The zero-order valence-corrected chi connectivity index (χ0v) is 21.6. The lowest BCUT2D eigenvalue weighted by Gasteiger charge is -2.24. The lowest BCUT2D eigenvalue weighted by atomic mass is 10.0. The molecule has 0 saturated heterocycles. The Morgan fingerprint density at radius 2 is 1.61 bits per heavy atom. The van der Waals surface area contributed by atoms with Gasteiger partial charge < -0.3 is 32.7 Å². The molecule has 0 aromatic heterocycles. The molecule has 0 spiro atoms. The van der Waals surface area contributed by atoms with Gasteiger partial charge in [0.05, 0.1) is 12.5 Å². The number of nitrogens with one attached hydrogen (secondary N) is 2. The van der Waals surface area contributed by atoms with Crippen molar-refractivity contribution in [3.05, 3.63) is 65.7 Å². The zero-order chi connectivity index (χ0) is 26.3. The highest BCUT2D eigenvalue weighted by Gasteiger charge is 2.26. The number of nitrogens with zero attached hydrogens (tertiary/aromatic N) is 1. The third-order valence-electron chi connectivity index (χ3n) is 5.68. The summed E-state index contributed by atoms with van der Waals surface area (Å²) in [5.74, 6) is -1.16. The quantitative estimate of drug-likeness (QED) is 0.218. The van der Waals surface area contributed by atoms with E-state index in [4.69, 9.17) is 17.2 Å². The Bertz CT molecular complexity index is 969. The Morgan fingerprint density at radius 3 is 2.25 bits per heavy atom. The molecule has 8 N–H and O–H groups in total. The van der Waals surface area contributed by atoms with Gasteiger partial charge in [-0.15, -0.1) is 11.8 Å². The van der Waals surface area contributed by atoms with Gasteiger partial charge in [-0.25, -0.2) is 0 Å². The van der Waals surface area contributed by atoms with Crippen molar-refractivity contribution in [3.8, 4) is 0 Å². The van der Waals surface area contributed by atoms with Crippen molar-refractivity contribution in [3.63, 3.8) is 0 Å². The Morgan fingerprint density at radius 1 is 0.944 bits per heavy atom. The number of aryl methyl sites for hydroxylation is 1. The number of carbonyl (C=O) groups is 3. The number of carbonyl (C=O) groups excluding carboxylic acids is 3. The lowest BCUT2D eigenvalue weighted by Crippen LogP contribution is -2.53. The second-order valence-electron chi connectivity index (χ2n) is 8.42. The van der Waals surface area contributed by atoms with Crippen molar-refractivity contribution in [2.45, 2.75) is 42.8 Å². The van der Waals surface area contributed by atoms with Crippen LogP contribution in [0.15, 0.2) is 59.5 Å². The fourth-order valence-electron chi connectivity index (χ4n) is 3.68. The first-order valence-corrected chi connectivity index (χ1v) is 13.3. The minimum Gasteiger partial charge on any atom is -0.350 e. The van der Waals surface area contributed by atoms with Gasteiger partial charge in [-0.1, -0.05) is 42.5 Å². The Kier molecular flexibility index (Phi) is 13.0. The Balaban J connectivity index is 2.04. The summed E-state index contributed by atoms with van der Waals surface area (Å²) in [5, 5.41) is 5.67. The van der Waals surface area contributed by atoms with E-state index in [1.54, 1.807) is 11.8 Å². The van der Waals surface area contributed by atoms with E-state index in [1.807, 2.05) is 60.9 Å². The van der Waals surface area contributed by atoms with Gasteiger partial charge >= 0.3 is 0 Å². The van der Waals surface area contributed by atoms with Crippen LogP contribution in [0.1, 0.15) is 24.0 Å². The van der Waals surface area contributed by atoms with E-state index in [-0.39, 0.29) is 31.3 Å². The summed E-state index contributed by atoms with van der Waals surface area (Å²) in [7, 11) is 0. The molecule has 9 nitrogen and oxygen atoms in total. The number of rotatable bonds is 15. The molecule has 2 aromatic rings. The molecule has 0 radical (unpaired) electrons. The maximum atomic E-state index is 13.1. The summed E-state index contributed by atoms with van der Waals surface area (Å²) < 4.78 is 0. The molecule has 10 heteroatoms. The molecule has 0 aliphatic carbocycles. The molecular formula is C26H38N6O3S. The van der Waals surface area contributed by atoms with Crippen LogP contribution in [0.2, 0.25) is 0 Å². The molecule has 2 unspecified atom stereocenters. The van der Waals surface area contributed by atoms with Crippen molar-refractivity contribution >= 4 is 29.5 Å². The fourth-order valence-corrected chi connectivity index (χ4v) is 4.16.